The molecule has 3 heterocycles. The first-order valence-corrected chi connectivity index (χ1v) is 9.74. The summed E-state index contributed by atoms with van der Waals surface area (Å²) in [6.07, 6.45) is 2.49. The smallest absolute Gasteiger partial charge is 0.138 e. The molecule has 2 fully saturated rings. The first-order chi connectivity index (χ1) is 12.6. The fourth-order valence-corrected chi connectivity index (χ4v) is 3.57. The minimum Gasteiger partial charge on any atom is -0.365 e. The zero-order valence-electron chi connectivity index (χ0n) is 16.5. The van der Waals surface area contributed by atoms with Crippen LogP contribution in [-0.2, 0) is 11.3 Å². The van der Waals surface area contributed by atoms with Crippen molar-refractivity contribution in [1.29, 1.82) is 0 Å². The average molecular weight is 361 g/mol. The van der Waals surface area contributed by atoms with Gasteiger partial charge in [0.15, 0.2) is 0 Å². The predicted molar refractivity (Wildman–Crippen MR) is 102 cm³/mol. The van der Waals surface area contributed by atoms with Crippen molar-refractivity contribution in [2.24, 2.45) is 0 Å². The third-order valence-corrected chi connectivity index (χ3v) is 5.51. The summed E-state index contributed by atoms with van der Waals surface area (Å²) in [4.78, 5) is 7.25. The second-order valence-electron chi connectivity index (χ2n) is 7.52. The Kier molecular flexibility index (Phi) is 7.09. The molecule has 26 heavy (non-hydrogen) atoms. The van der Waals surface area contributed by atoms with Gasteiger partial charge in [0.2, 0.25) is 0 Å². The lowest BCUT2D eigenvalue weighted by atomic mass is 10.1. The number of hydrogen-bond donors (Lipinski definition) is 0. The van der Waals surface area contributed by atoms with Gasteiger partial charge in [-0.1, -0.05) is 17.0 Å². The van der Waals surface area contributed by atoms with E-state index in [4.69, 9.17) is 9.26 Å². The molecule has 2 saturated heterocycles. The largest absolute Gasteiger partial charge is 0.365 e. The Morgan fingerprint density at radius 3 is 2.42 bits per heavy atom. The van der Waals surface area contributed by atoms with Gasteiger partial charge in [-0.05, 0) is 33.7 Å². The molecular formula is C20H32N4O2. The van der Waals surface area contributed by atoms with Crippen LogP contribution in [0.2, 0.25) is 0 Å². The number of likely N-dealkylation sites (N-methyl/N-ethyl adjacent to an activating group) is 1. The molecular weight excluding hydrogens is 328 g/mol. The zero-order chi connectivity index (χ0) is 18.4. The number of aromatic nitrogens is 1. The van der Waals surface area contributed by atoms with E-state index in [0.29, 0.717) is 12.7 Å². The van der Waals surface area contributed by atoms with Crippen LogP contribution in [0.3, 0.4) is 0 Å². The molecule has 0 saturated carbocycles. The number of likely N-dealkylation sites (tertiary alicyclic amines) is 1. The molecule has 0 radical (unpaired) electrons. The van der Waals surface area contributed by atoms with Crippen molar-refractivity contribution in [3.63, 3.8) is 0 Å². The fourth-order valence-electron chi connectivity index (χ4n) is 3.57. The van der Waals surface area contributed by atoms with Crippen LogP contribution in [0, 0.1) is 25.7 Å². The van der Waals surface area contributed by atoms with Gasteiger partial charge in [0, 0.05) is 51.4 Å². The van der Waals surface area contributed by atoms with Crippen LogP contribution in [0.5, 0.6) is 0 Å². The Bertz CT molecular complexity index is 598. The van der Waals surface area contributed by atoms with E-state index in [1.54, 1.807) is 0 Å². The van der Waals surface area contributed by atoms with Gasteiger partial charge < -0.3 is 14.2 Å². The van der Waals surface area contributed by atoms with Crippen LogP contribution in [0.15, 0.2) is 4.52 Å². The Morgan fingerprint density at radius 1 is 1.04 bits per heavy atom. The minimum atomic E-state index is 0.342. The quantitative estimate of drug-likeness (QED) is 0.742. The number of nitrogens with zero attached hydrogens (tertiary/aromatic N) is 4. The van der Waals surface area contributed by atoms with Crippen LogP contribution in [0.1, 0.15) is 29.9 Å². The maximum atomic E-state index is 5.96. The minimum absolute atomic E-state index is 0.342. The van der Waals surface area contributed by atoms with Crippen molar-refractivity contribution in [3.8, 4) is 11.8 Å². The average Bonchev–Trinajstić information content (AvgIpc) is 2.96. The van der Waals surface area contributed by atoms with E-state index < -0.39 is 0 Å². The highest BCUT2D eigenvalue weighted by molar-refractivity contribution is 5.20. The lowest BCUT2D eigenvalue weighted by molar-refractivity contribution is 0.0224. The van der Waals surface area contributed by atoms with E-state index in [1.165, 1.54) is 5.56 Å². The van der Waals surface area contributed by atoms with Crippen molar-refractivity contribution in [3.05, 3.63) is 17.0 Å². The SMILES string of the molecule is Cc1noc(C)c1CN1CCC(OCC#CCN2CCN(C)CC2)CC1. The van der Waals surface area contributed by atoms with E-state index >= 15 is 0 Å². The van der Waals surface area contributed by atoms with Gasteiger partial charge in [-0.25, -0.2) is 0 Å². The summed E-state index contributed by atoms with van der Waals surface area (Å²) in [5.41, 5.74) is 2.25. The first kappa shape index (κ1) is 19.4. The van der Waals surface area contributed by atoms with E-state index in [9.17, 15) is 0 Å². The van der Waals surface area contributed by atoms with Gasteiger partial charge in [0.1, 0.15) is 12.4 Å². The molecule has 2 aliphatic rings. The molecule has 0 atom stereocenters. The fraction of sp³-hybridized carbons (Fsp3) is 0.750. The standard InChI is InChI=1S/C20H32N4O2/c1-17-20(18(2)26-21-17)16-24-9-6-19(7-10-24)25-15-5-4-8-23-13-11-22(3)12-14-23/h19H,6-16H2,1-3H3. The molecule has 0 aliphatic carbocycles. The van der Waals surface area contributed by atoms with E-state index in [1.807, 2.05) is 13.8 Å². The van der Waals surface area contributed by atoms with Gasteiger partial charge in [-0.2, -0.15) is 0 Å². The van der Waals surface area contributed by atoms with Crippen molar-refractivity contribution in [1.82, 2.24) is 19.9 Å². The third kappa shape index (κ3) is 5.55. The highest BCUT2D eigenvalue weighted by Gasteiger charge is 2.21. The monoisotopic (exact) mass is 360 g/mol. The molecule has 1 aromatic rings. The summed E-state index contributed by atoms with van der Waals surface area (Å²) < 4.78 is 11.2. The molecule has 1 aromatic heterocycles. The molecule has 0 amide bonds. The maximum absolute atomic E-state index is 5.96. The van der Waals surface area contributed by atoms with Gasteiger partial charge in [-0.3, -0.25) is 9.80 Å². The lowest BCUT2D eigenvalue weighted by Crippen LogP contribution is -2.44. The van der Waals surface area contributed by atoms with E-state index in [-0.39, 0.29) is 0 Å². The number of piperidine rings is 1. The molecule has 2 aliphatic heterocycles. The molecule has 144 valence electrons. The second-order valence-corrected chi connectivity index (χ2v) is 7.52. The van der Waals surface area contributed by atoms with Crippen molar-refractivity contribution < 1.29 is 9.26 Å². The van der Waals surface area contributed by atoms with E-state index in [2.05, 4.69) is 38.7 Å². The predicted octanol–water partition coefficient (Wildman–Crippen LogP) is 1.52. The Balaban J connectivity index is 1.30. The van der Waals surface area contributed by atoms with Crippen LogP contribution in [0.4, 0.5) is 0 Å². The van der Waals surface area contributed by atoms with E-state index in [0.717, 1.165) is 76.7 Å². The van der Waals surface area contributed by atoms with Crippen molar-refractivity contribution in [2.45, 2.75) is 39.3 Å². The zero-order valence-corrected chi connectivity index (χ0v) is 16.5. The molecule has 6 nitrogen and oxygen atoms in total. The van der Waals surface area contributed by atoms with Crippen LogP contribution in [-0.4, -0.2) is 85.4 Å². The van der Waals surface area contributed by atoms with Gasteiger partial charge >= 0.3 is 0 Å². The van der Waals surface area contributed by atoms with Crippen molar-refractivity contribution >= 4 is 0 Å². The van der Waals surface area contributed by atoms with Crippen LogP contribution >= 0.6 is 0 Å². The van der Waals surface area contributed by atoms with Gasteiger partial charge in [0.25, 0.3) is 0 Å². The molecule has 0 bridgehead atoms. The summed E-state index contributed by atoms with van der Waals surface area (Å²) >= 11 is 0. The normalized spacial score (nSPS) is 20.9. The highest BCUT2D eigenvalue weighted by Crippen LogP contribution is 2.19. The molecule has 6 heteroatoms. The summed E-state index contributed by atoms with van der Waals surface area (Å²) in [6, 6.07) is 0. The number of piperazine rings is 1. The number of ether oxygens (including phenoxy) is 1. The summed E-state index contributed by atoms with van der Waals surface area (Å²) in [7, 11) is 2.18. The van der Waals surface area contributed by atoms with Crippen molar-refractivity contribution in [2.75, 3.05) is 59.5 Å². The molecule has 0 aromatic carbocycles. The molecule has 3 rings (SSSR count). The van der Waals surface area contributed by atoms with Crippen LogP contribution in [0.25, 0.3) is 0 Å². The first-order valence-electron chi connectivity index (χ1n) is 9.74. The Hall–Kier alpha value is -1.39. The molecule has 0 spiro atoms. The second kappa shape index (κ2) is 9.52. The maximum Gasteiger partial charge on any atom is 0.138 e. The lowest BCUT2D eigenvalue weighted by Gasteiger charge is -2.31. The Morgan fingerprint density at radius 2 is 1.77 bits per heavy atom. The van der Waals surface area contributed by atoms with Gasteiger partial charge in [-0.15, -0.1) is 0 Å². The number of rotatable bonds is 5. The molecule has 0 unspecified atom stereocenters. The summed E-state index contributed by atoms with van der Waals surface area (Å²) in [5, 5.41) is 4.04. The van der Waals surface area contributed by atoms with Gasteiger partial charge in [0.05, 0.1) is 18.3 Å². The topological polar surface area (TPSA) is 45.0 Å². The Labute approximate surface area is 157 Å². The summed E-state index contributed by atoms with van der Waals surface area (Å²) in [6.45, 7) is 13.0. The summed E-state index contributed by atoms with van der Waals surface area (Å²) in [5.74, 6) is 7.40. The number of aryl methyl sites for hydroxylation is 2. The van der Waals surface area contributed by atoms with Crippen LogP contribution < -0.4 is 0 Å². The number of hydrogen-bond acceptors (Lipinski definition) is 6. The highest BCUT2D eigenvalue weighted by atomic mass is 16.5. The molecule has 0 N–H and O–H groups in total. The third-order valence-electron chi connectivity index (χ3n) is 5.51.